The molecule has 0 spiro atoms. The van der Waals surface area contributed by atoms with Crippen molar-refractivity contribution in [3.63, 3.8) is 0 Å². The minimum atomic E-state index is -3.65. The molecular weight excluding hydrogens is 452 g/mol. The van der Waals surface area contributed by atoms with Gasteiger partial charge in [0.1, 0.15) is 0 Å². The number of rotatable bonds is 6. The van der Waals surface area contributed by atoms with Crippen LogP contribution in [-0.2, 0) is 19.6 Å². The number of carbonyl (C=O) groups is 2. The molecule has 9 heteroatoms. The van der Waals surface area contributed by atoms with Gasteiger partial charge >= 0.3 is 5.97 Å². The maximum absolute atomic E-state index is 12.8. The number of fused-ring (bicyclic) bond motifs is 1. The fraction of sp³-hybridized carbons (Fsp3) is 0.304. The number of sulfonamides is 1. The normalized spacial score (nSPS) is 16.7. The van der Waals surface area contributed by atoms with Gasteiger partial charge in [-0.1, -0.05) is 29.8 Å². The summed E-state index contributed by atoms with van der Waals surface area (Å²) in [4.78, 5) is 28.7. The number of esters is 1. The lowest BCUT2D eigenvalue weighted by molar-refractivity contribution is -0.152. The Bertz CT molecular complexity index is 1240. The van der Waals surface area contributed by atoms with E-state index >= 15 is 0 Å². The first kappa shape index (κ1) is 22.5. The van der Waals surface area contributed by atoms with Gasteiger partial charge in [-0.25, -0.2) is 8.42 Å². The van der Waals surface area contributed by atoms with Gasteiger partial charge in [0.25, 0.3) is 0 Å². The number of hydrogen-bond acceptors (Lipinski definition) is 5. The first-order valence-corrected chi connectivity index (χ1v) is 12.2. The van der Waals surface area contributed by atoms with Crippen molar-refractivity contribution in [3.05, 3.63) is 65.3 Å². The van der Waals surface area contributed by atoms with Crippen molar-refractivity contribution in [2.24, 2.45) is 5.92 Å². The number of Topliss-reactive ketones (excluding diaryl/α,β-unsaturated/α-hetero) is 1. The summed E-state index contributed by atoms with van der Waals surface area (Å²) in [5, 5.41) is 1.24. The van der Waals surface area contributed by atoms with E-state index in [1.54, 1.807) is 13.1 Å². The van der Waals surface area contributed by atoms with E-state index in [-0.39, 0.29) is 23.8 Å². The van der Waals surface area contributed by atoms with Crippen molar-refractivity contribution in [1.29, 1.82) is 0 Å². The van der Waals surface area contributed by atoms with Crippen molar-refractivity contribution in [2.45, 2.75) is 30.8 Å². The third-order valence-electron chi connectivity index (χ3n) is 5.76. The molecule has 2 heterocycles. The molecule has 1 aromatic heterocycles. The number of para-hydroxylation sites is 1. The maximum atomic E-state index is 12.8. The number of ketones is 1. The Kier molecular flexibility index (Phi) is 6.37. The number of halogens is 1. The topological polar surface area (TPSA) is 96.5 Å². The second-order valence-corrected chi connectivity index (χ2v) is 10.2. The quantitative estimate of drug-likeness (QED) is 0.429. The van der Waals surface area contributed by atoms with Crippen molar-refractivity contribution in [2.75, 3.05) is 13.1 Å². The molecule has 0 aliphatic carbocycles. The zero-order chi connectivity index (χ0) is 22.9. The average Bonchev–Trinajstić information content (AvgIpc) is 3.23. The van der Waals surface area contributed by atoms with Crippen molar-refractivity contribution in [1.82, 2.24) is 9.29 Å². The van der Waals surface area contributed by atoms with E-state index in [2.05, 4.69) is 4.98 Å². The second-order valence-electron chi connectivity index (χ2n) is 7.82. The molecule has 2 aromatic carbocycles. The van der Waals surface area contributed by atoms with E-state index in [0.717, 1.165) is 10.9 Å². The van der Waals surface area contributed by atoms with Crippen LogP contribution in [0.2, 0.25) is 5.02 Å². The number of carbonyl (C=O) groups excluding carboxylic acids is 2. The third-order valence-corrected chi connectivity index (χ3v) is 7.92. The number of H-pyrrole nitrogens is 1. The fourth-order valence-corrected chi connectivity index (χ4v) is 5.50. The molecule has 0 saturated carbocycles. The average molecular weight is 475 g/mol. The van der Waals surface area contributed by atoms with Crippen LogP contribution < -0.4 is 0 Å². The number of benzene rings is 2. The van der Waals surface area contributed by atoms with Gasteiger partial charge in [-0.15, -0.1) is 0 Å². The van der Waals surface area contributed by atoms with Gasteiger partial charge in [0, 0.05) is 40.8 Å². The summed E-state index contributed by atoms with van der Waals surface area (Å²) in [6.07, 6.45) is 1.36. The van der Waals surface area contributed by atoms with Gasteiger partial charge in [0.15, 0.2) is 6.10 Å². The first-order chi connectivity index (χ1) is 15.3. The molecule has 3 aromatic rings. The monoisotopic (exact) mass is 474 g/mol. The van der Waals surface area contributed by atoms with Crippen molar-refractivity contribution in [3.8, 4) is 0 Å². The summed E-state index contributed by atoms with van der Waals surface area (Å²) < 4.78 is 32.4. The second kappa shape index (κ2) is 9.05. The van der Waals surface area contributed by atoms with Crippen LogP contribution in [0.15, 0.2) is 59.6 Å². The van der Waals surface area contributed by atoms with E-state index in [4.69, 9.17) is 16.3 Å². The predicted octanol–water partition coefficient (Wildman–Crippen LogP) is 4.04. The number of hydrogen-bond donors (Lipinski definition) is 1. The summed E-state index contributed by atoms with van der Waals surface area (Å²) in [7, 11) is -3.65. The maximum Gasteiger partial charge on any atom is 0.309 e. The van der Waals surface area contributed by atoms with E-state index < -0.39 is 28.0 Å². The molecule has 1 saturated heterocycles. The highest BCUT2D eigenvalue weighted by Gasteiger charge is 2.34. The fourth-order valence-electron chi connectivity index (χ4n) is 3.91. The van der Waals surface area contributed by atoms with Crippen LogP contribution in [0.3, 0.4) is 0 Å². The highest BCUT2D eigenvalue weighted by atomic mass is 35.5. The molecule has 7 nitrogen and oxygen atoms in total. The number of nitrogens with one attached hydrogen (secondary N) is 1. The summed E-state index contributed by atoms with van der Waals surface area (Å²) >= 11 is 5.84. The van der Waals surface area contributed by atoms with E-state index in [1.165, 1.54) is 28.6 Å². The molecule has 0 radical (unpaired) electrons. The molecule has 0 unspecified atom stereocenters. The van der Waals surface area contributed by atoms with Crippen LogP contribution in [0.1, 0.15) is 30.1 Å². The lowest BCUT2D eigenvalue weighted by Crippen LogP contribution is -2.41. The van der Waals surface area contributed by atoms with E-state index in [9.17, 15) is 18.0 Å². The van der Waals surface area contributed by atoms with E-state index in [0.29, 0.717) is 23.4 Å². The number of nitrogens with zero attached hydrogens (tertiary/aromatic N) is 1. The molecule has 1 N–H and O–H groups in total. The van der Waals surface area contributed by atoms with Gasteiger partial charge < -0.3 is 9.72 Å². The molecule has 1 aliphatic heterocycles. The standard InChI is InChI=1S/C23H23ClN2O5S/c1-15(22(27)20-14-25-21-5-3-2-4-19(20)21)31-23(28)16-10-12-26(13-11-16)32(29,30)18-8-6-17(24)7-9-18/h2-9,14-16,25H,10-13H2,1H3/t15-/m0/s1. The Balaban J connectivity index is 1.36. The van der Waals surface area contributed by atoms with Crippen LogP contribution in [0.4, 0.5) is 0 Å². The van der Waals surface area contributed by atoms with Gasteiger partial charge in [-0.2, -0.15) is 4.31 Å². The number of aromatic nitrogens is 1. The zero-order valence-electron chi connectivity index (χ0n) is 17.5. The molecule has 1 aliphatic rings. The zero-order valence-corrected chi connectivity index (χ0v) is 19.0. The van der Waals surface area contributed by atoms with Crippen LogP contribution in [0.5, 0.6) is 0 Å². The van der Waals surface area contributed by atoms with Crippen LogP contribution in [0, 0.1) is 5.92 Å². The molecule has 32 heavy (non-hydrogen) atoms. The number of ether oxygens (including phenoxy) is 1. The molecule has 4 rings (SSSR count). The Hall–Kier alpha value is -2.68. The molecule has 1 fully saturated rings. The lowest BCUT2D eigenvalue weighted by atomic mass is 9.98. The van der Waals surface area contributed by atoms with Crippen LogP contribution >= 0.6 is 11.6 Å². The Morgan fingerprint density at radius 1 is 1.09 bits per heavy atom. The smallest absolute Gasteiger partial charge is 0.309 e. The Morgan fingerprint density at radius 2 is 1.75 bits per heavy atom. The van der Waals surface area contributed by atoms with Crippen LogP contribution in [0.25, 0.3) is 10.9 Å². The number of aromatic amines is 1. The van der Waals surface area contributed by atoms with Crippen molar-refractivity contribution < 1.29 is 22.7 Å². The first-order valence-electron chi connectivity index (χ1n) is 10.3. The highest BCUT2D eigenvalue weighted by molar-refractivity contribution is 7.89. The third kappa shape index (κ3) is 4.44. The van der Waals surface area contributed by atoms with Gasteiger partial charge in [-0.3, -0.25) is 9.59 Å². The number of piperidine rings is 1. The van der Waals surface area contributed by atoms with Gasteiger partial charge in [0.05, 0.1) is 10.8 Å². The SMILES string of the molecule is C[C@H](OC(=O)C1CCN(S(=O)(=O)c2ccc(Cl)cc2)CC1)C(=O)c1c[nH]c2ccccc12. The van der Waals surface area contributed by atoms with Crippen molar-refractivity contribution >= 4 is 44.3 Å². The summed E-state index contributed by atoms with van der Waals surface area (Å²) in [5.74, 6) is -1.21. The molecule has 1 atom stereocenters. The molecule has 0 amide bonds. The summed E-state index contributed by atoms with van der Waals surface area (Å²) in [6, 6.07) is 13.4. The van der Waals surface area contributed by atoms with E-state index in [1.807, 2.05) is 24.3 Å². The molecule has 168 valence electrons. The largest absolute Gasteiger partial charge is 0.454 e. The molecular formula is C23H23ClN2O5S. The van der Waals surface area contributed by atoms with Gasteiger partial charge in [-0.05, 0) is 50.1 Å². The summed E-state index contributed by atoms with van der Waals surface area (Å²) in [5.41, 5.74) is 1.31. The minimum Gasteiger partial charge on any atom is -0.454 e. The highest BCUT2D eigenvalue weighted by Crippen LogP contribution is 2.26. The lowest BCUT2D eigenvalue weighted by Gasteiger charge is -2.30. The minimum absolute atomic E-state index is 0.167. The van der Waals surface area contributed by atoms with Gasteiger partial charge in [0.2, 0.25) is 15.8 Å². The Labute approximate surface area is 191 Å². The summed E-state index contributed by atoms with van der Waals surface area (Å²) in [6.45, 7) is 1.97. The predicted molar refractivity (Wildman–Crippen MR) is 121 cm³/mol. The molecule has 0 bridgehead atoms. The Morgan fingerprint density at radius 3 is 2.44 bits per heavy atom. The van der Waals surface area contributed by atoms with Crippen LogP contribution in [-0.4, -0.2) is 48.7 Å².